The van der Waals surface area contributed by atoms with Crippen molar-refractivity contribution in [2.75, 3.05) is 5.88 Å². The van der Waals surface area contributed by atoms with Gasteiger partial charge in [0, 0.05) is 27.5 Å². The Balaban J connectivity index is 2.29. The number of aryl methyl sites for hydroxylation is 2. The highest BCUT2D eigenvalue weighted by Crippen LogP contribution is 2.27. The van der Waals surface area contributed by atoms with Crippen molar-refractivity contribution < 1.29 is 0 Å². The lowest BCUT2D eigenvalue weighted by Gasteiger charge is -2.10. The molecule has 0 spiro atoms. The standard InChI is InChI=1S/C16H13BrCl2N2/c1-10-2-4-12(9-13(10)17)21-15-8-11(19)3-5-14(15)20-16(21)6-7-18/h2-5,8-9H,6-7H2,1H3. The summed E-state index contributed by atoms with van der Waals surface area (Å²) in [7, 11) is 0. The first-order valence-corrected chi connectivity index (χ1v) is 8.30. The molecule has 0 saturated heterocycles. The van der Waals surface area contributed by atoms with Crippen LogP contribution >= 0.6 is 39.1 Å². The molecule has 0 saturated carbocycles. The smallest absolute Gasteiger partial charge is 0.115 e. The van der Waals surface area contributed by atoms with Crippen molar-refractivity contribution in [3.63, 3.8) is 0 Å². The number of rotatable bonds is 3. The van der Waals surface area contributed by atoms with Crippen LogP contribution in [0.4, 0.5) is 0 Å². The number of fused-ring (bicyclic) bond motifs is 1. The van der Waals surface area contributed by atoms with Crippen LogP contribution in [0.15, 0.2) is 40.9 Å². The predicted octanol–water partition coefficient (Wildman–Crippen LogP) is 5.53. The van der Waals surface area contributed by atoms with Crippen LogP contribution in [0.2, 0.25) is 5.02 Å². The van der Waals surface area contributed by atoms with Gasteiger partial charge in [0.1, 0.15) is 5.82 Å². The molecule has 1 heterocycles. The molecule has 21 heavy (non-hydrogen) atoms. The summed E-state index contributed by atoms with van der Waals surface area (Å²) >= 11 is 15.7. The molecule has 0 aliphatic carbocycles. The van der Waals surface area contributed by atoms with Crippen LogP contribution in [0.3, 0.4) is 0 Å². The maximum Gasteiger partial charge on any atom is 0.115 e. The van der Waals surface area contributed by atoms with Gasteiger partial charge in [0.25, 0.3) is 0 Å². The quantitative estimate of drug-likeness (QED) is 0.543. The number of benzene rings is 2. The third-order valence-electron chi connectivity index (χ3n) is 3.42. The van der Waals surface area contributed by atoms with Crippen molar-refractivity contribution in [3.8, 4) is 5.69 Å². The summed E-state index contributed by atoms with van der Waals surface area (Å²) in [5, 5.41) is 0.701. The van der Waals surface area contributed by atoms with Crippen molar-refractivity contribution in [3.05, 3.63) is 57.3 Å². The Kier molecular flexibility index (Phi) is 4.25. The average Bonchev–Trinajstić information content (AvgIpc) is 2.80. The summed E-state index contributed by atoms with van der Waals surface area (Å²) in [5.74, 6) is 1.47. The second kappa shape index (κ2) is 5.99. The van der Waals surface area contributed by atoms with Gasteiger partial charge in [-0.1, -0.05) is 33.6 Å². The number of hydrogen-bond donors (Lipinski definition) is 0. The summed E-state index contributed by atoms with van der Waals surface area (Å²) in [4.78, 5) is 4.68. The van der Waals surface area contributed by atoms with Gasteiger partial charge in [0.05, 0.1) is 11.0 Å². The number of hydrogen-bond acceptors (Lipinski definition) is 1. The highest BCUT2D eigenvalue weighted by Gasteiger charge is 2.13. The molecule has 2 nitrogen and oxygen atoms in total. The second-order valence-corrected chi connectivity index (χ2v) is 6.54. The molecule has 0 bridgehead atoms. The Hall–Kier alpha value is -1.03. The predicted molar refractivity (Wildman–Crippen MR) is 92.9 cm³/mol. The fourth-order valence-corrected chi connectivity index (χ4v) is 3.06. The van der Waals surface area contributed by atoms with Crippen LogP contribution < -0.4 is 0 Å². The number of halogens is 3. The van der Waals surface area contributed by atoms with Crippen LogP contribution in [0.1, 0.15) is 11.4 Å². The summed E-state index contributed by atoms with van der Waals surface area (Å²) in [6, 6.07) is 12.0. The van der Waals surface area contributed by atoms with Gasteiger partial charge in [-0.15, -0.1) is 11.6 Å². The minimum absolute atomic E-state index is 0.532. The molecule has 3 rings (SSSR count). The van der Waals surface area contributed by atoms with Crippen LogP contribution in [0.25, 0.3) is 16.7 Å². The van der Waals surface area contributed by atoms with E-state index in [2.05, 4.69) is 50.6 Å². The van der Waals surface area contributed by atoms with E-state index in [1.807, 2.05) is 18.2 Å². The zero-order chi connectivity index (χ0) is 15.0. The Morgan fingerprint density at radius 3 is 2.71 bits per heavy atom. The van der Waals surface area contributed by atoms with Crippen LogP contribution in [-0.4, -0.2) is 15.4 Å². The van der Waals surface area contributed by atoms with Crippen LogP contribution in [-0.2, 0) is 6.42 Å². The van der Waals surface area contributed by atoms with Crippen molar-refractivity contribution in [2.45, 2.75) is 13.3 Å². The van der Waals surface area contributed by atoms with E-state index in [0.29, 0.717) is 17.3 Å². The fraction of sp³-hybridized carbons (Fsp3) is 0.188. The molecule has 0 radical (unpaired) electrons. The Labute approximate surface area is 141 Å². The number of alkyl halides is 1. The van der Waals surface area contributed by atoms with Crippen molar-refractivity contribution >= 4 is 50.2 Å². The third kappa shape index (κ3) is 2.83. The Bertz CT molecular complexity index is 811. The van der Waals surface area contributed by atoms with Crippen molar-refractivity contribution in [2.24, 2.45) is 0 Å². The molecule has 0 aliphatic rings. The lowest BCUT2D eigenvalue weighted by atomic mass is 10.2. The Morgan fingerprint density at radius 1 is 1.19 bits per heavy atom. The molecule has 0 fully saturated rings. The van der Waals surface area contributed by atoms with Gasteiger partial charge < -0.3 is 0 Å². The largest absolute Gasteiger partial charge is 0.296 e. The first-order chi connectivity index (χ1) is 10.1. The van der Waals surface area contributed by atoms with Gasteiger partial charge in [-0.05, 0) is 42.8 Å². The first-order valence-electron chi connectivity index (χ1n) is 6.59. The molecule has 108 valence electrons. The van der Waals surface area contributed by atoms with Gasteiger partial charge in [-0.2, -0.15) is 0 Å². The van der Waals surface area contributed by atoms with Gasteiger partial charge in [0.15, 0.2) is 0 Å². The van der Waals surface area contributed by atoms with E-state index < -0.39 is 0 Å². The van der Waals surface area contributed by atoms with E-state index in [1.54, 1.807) is 0 Å². The maximum absolute atomic E-state index is 6.14. The molecule has 0 N–H and O–H groups in total. The van der Waals surface area contributed by atoms with Crippen molar-refractivity contribution in [1.29, 1.82) is 0 Å². The normalized spacial score (nSPS) is 11.2. The van der Waals surface area contributed by atoms with E-state index in [-0.39, 0.29) is 0 Å². The van der Waals surface area contributed by atoms with Crippen LogP contribution in [0.5, 0.6) is 0 Å². The summed E-state index contributed by atoms with van der Waals surface area (Å²) in [6.07, 6.45) is 0.708. The molecular weight excluding hydrogens is 371 g/mol. The SMILES string of the molecule is Cc1ccc(-n2c(CCCl)nc3ccc(Cl)cc32)cc1Br. The van der Waals surface area contributed by atoms with E-state index in [0.717, 1.165) is 27.0 Å². The molecule has 2 aromatic carbocycles. The van der Waals surface area contributed by atoms with Crippen molar-refractivity contribution in [1.82, 2.24) is 9.55 Å². The summed E-state index contributed by atoms with van der Waals surface area (Å²) in [5.41, 5.74) is 4.17. The van der Waals surface area contributed by atoms with E-state index in [1.165, 1.54) is 5.56 Å². The number of imidazole rings is 1. The topological polar surface area (TPSA) is 17.8 Å². The highest BCUT2D eigenvalue weighted by molar-refractivity contribution is 9.10. The number of aromatic nitrogens is 2. The summed E-state index contributed by atoms with van der Waals surface area (Å²) < 4.78 is 3.19. The van der Waals surface area contributed by atoms with Gasteiger partial charge in [-0.25, -0.2) is 4.98 Å². The van der Waals surface area contributed by atoms with E-state index >= 15 is 0 Å². The third-order valence-corrected chi connectivity index (χ3v) is 4.70. The fourth-order valence-electron chi connectivity index (χ4n) is 2.36. The minimum atomic E-state index is 0.532. The lowest BCUT2D eigenvalue weighted by Crippen LogP contribution is -2.02. The zero-order valence-electron chi connectivity index (χ0n) is 11.4. The minimum Gasteiger partial charge on any atom is -0.296 e. The molecule has 0 amide bonds. The molecule has 5 heteroatoms. The second-order valence-electron chi connectivity index (χ2n) is 4.87. The molecule has 0 atom stereocenters. The Morgan fingerprint density at radius 2 is 2.00 bits per heavy atom. The monoisotopic (exact) mass is 382 g/mol. The lowest BCUT2D eigenvalue weighted by molar-refractivity contribution is 0.911. The molecular formula is C16H13BrCl2N2. The first kappa shape index (κ1) is 14.9. The van der Waals surface area contributed by atoms with E-state index in [9.17, 15) is 0 Å². The highest BCUT2D eigenvalue weighted by atomic mass is 79.9. The maximum atomic E-state index is 6.14. The van der Waals surface area contributed by atoms with Gasteiger partial charge >= 0.3 is 0 Å². The van der Waals surface area contributed by atoms with Crippen LogP contribution in [0, 0.1) is 6.92 Å². The molecule has 3 aromatic rings. The molecule has 0 unspecified atom stereocenters. The van der Waals surface area contributed by atoms with E-state index in [4.69, 9.17) is 23.2 Å². The average molecular weight is 384 g/mol. The zero-order valence-corrected chi connectivity index (χ0v) is 14.5. The number of nitrogens with zero attached hydrogens (tertiary/aromatic N) is 2. The molecule has 1 aromatic heterocycles. The van der Waals surface area contributed by atoms with Gasteiger partial charge in [0.2, 0.25) is 0 Å². The summed E-state index contributed by atoms with van der Waals surface area (Å²) in [6.45, 7) is 2.07. The molecule has 0 aliphatic heterocycles. The van der Waals surface area contributed by atoms with Gasteiger partial charge in [-0.3, -0.25) is 4.57 Å².